The molecule has 3 N–H and O–H groups in total. The second-order valence-electron chi connectivity index (χ2n) is 4.50. The van der Waals surface area contributed by atoms with Gasteiger partial charge in [0.25, 0.3) is 0 Å². The summed E-state index contributed by atoms with van der Waals surface area (Å²) in [5.41, 5.74) is 9.11. The highest BCUT2D eigenvalue weighted by molar-refractivity contribution is 5.49. The lowest BCUT2D eigenvalue weighted by Gasteiger charge is -2.24. The van der Waals surface area contributed by atoms with Crippen molar-refractivity contribution >= 4 is 5.69 Å². The monoisotopic (exact) mass is 256 g/mol. The summed E-state index contributed by atoms with van der Waals surface area (Å²) < 4.78 is 0. The van der Waals surface area contributed by atoms with Crippen LogP contribution in [-0.2, 0) is 13.1 Å². The number of hydrogen-bond donors (Lipinski definition) is 2. The van der Waals surface area contributed by atoms with Crippen LogP contribution >= 0.6 is 0 Å². The van der Waals surface area contributed by atoms with Gasteiger partial charge in [0.05, 0.1) is 6.61 Å². The molecule has 0 saturated carbocycles. The van der Waals surface area contributed by atoms with Crippen LogP contribution < -0.4 is 10.6 Å². The third-order valence-electron chi connectivity index (χ3n) is 3.10. The lowest BCUT2D eigenvalue weighted by molar-refractivity contribution is 0.301. The molecule has 100 valence electrons. The number of aliphatic hydroxyl groups excluding tert-OH is 1. The van der Waals surface area contributed by atoms with Crippen molar-refractivity contribution in [2.24, 2.45) is 5.73 Å². The predicted molar refractivity (Wildman–Crippen MR) is 78.9 cm³/mol. The van der Waals surface area contributed by atoms with E-state index in [2.05, 4.69) is 29.2 Å². The fourth-order valence-corrected chi connectivity index (χ4v) is 2.10. The maximum atomic E-state index is 9.24. The molecule has 0 amide bonds. The van der Waals surface area contributed by atoms with Crippen LogP contribution in [-0.4, -0.2) is 18.3 Å². The van der Waals surface area contributed by atoms with Crippen molar-refractivity contribution in [3.8, 4) is 0 Å². The second kappa shape index (κ2) is 6.92. The van der Waals surface area contributed by atoms with Crippen LogP contribution in [0, 0.1) is 0 Å². The highest BCUT2D eigenvalue weighted by atomic mass is 16.3. The van der Waals surface area contributed by atoms with Crippen molar-refractivity contribution in [1.29, 1.82) is 0 Å². The van der Waals surface area contributed by atoms with Gasteiger partial charge in [-0.15, -0.1) is 0 Å². The summed E-state index contributed by atoms with van der Waals surface area (Å²) in [7, 11) is 0. The summed E-state index contributed by atoms with van der Waals surface area (Å²) in [6, 6.07) is 18.4. The summed E-state index contributed by atoms with van der Waals surface area (Å²) in [6.45, 7) is 2.07. The lowest BCUT2D eigenvalue weighted by atomic mass is 10.1. The summed E-state index contributed by atoms with van der Waals surface area (Å²) in [5.74, 6) is 0. The number of anilines is 1. The van der Waals surface area contributed by atoms with Crippen molar-refractivity contribution in [2.45, 2.75) is 13.1 Å². The number of nitrogens with two attached hydrogens (primary N) is 1. The first-order valence-corrected chi connectivity index (χ1v) is 6.52. The van der Waals surface area contributed by atoms with Gasteiger partial charge in [-0.1, -0.05) is 42.5 Å². The Morgan fingerprint density at radius 2 is 1.68 bits per heavy atom. The van der Waals surface area contributed by atoms with Crippen LogP contribution in [0.3, 0.4) is 0 Å². The topological polar surface area (TPSA) is 49.5 Å². The van der Waals surface area contributed by atoms with Gasteiger partial charge in [0.2, 0.25) is 0 Å². The molecule has 0 saturated heterocycles. The van der Waals surface area contributed by atoms with Gasteiger partial charge in [0.1, 0.15) is 0 Å². The number of nitrogens with zero attached hydrogens (tertiary/aromatic N) is 1. The number of hydrogen-bond acceptors (Lipinski definition) is 3. The van der Waals surface area contributed by atoms with Gasteiger partial charge in [-0.25, -0.2) is 0 Å². The molecule has 0 bridgehead atoms. The van der Waals surface area contributed by atoms with E-state index in [0.29, 0.717) is 13.1 Å². The third-order valence-corrected chi connectivity index (χ3v) is 3.10. The molecule has 2 aromatic carbocycles. The molecule has 2 rings (SSSR count). The van der Waals surface area contributed by atoms with Crippen LogP contribution in [0.25, 0.3) is 0 Å². The Bertz CT molecular complexity index is 499. The molecule has 0 fully saturated rings. The second-order valence-corrected chi connectivity index (χ2v) is 4.50. The summed E-state index contributed by atoms with van der Waals surface area (Å²) in [4.78, 5) is 2.16. The molecular weight excluding hydrogens is 236 g/mol. The molecule has 0 spiro atoms. The maximum Gasteiger partial charge on any atom is 0.0606 e. The molecule has 0 atom stereocenters. The zero-order valence-electron chi connectivity index (χ0n) is 11.0. The molecule has 0 aliphatic heterocycles. The largest absolute Gasteiger partial charge is 0.395 e. The van der Waals surface area contributed by atoms with Crippen LogP contribution in [0.1, 0.15) is 11.1 Å². The molecule has 3 nitrogen and oxygen atoms in total. The first-order valence-electron chi connectivity index (χ1n) is 6.52. The van der Waals surface area contributed by atoms with E-state index in [1.165, 1.54) is 5.56 Å². The van der Waals surface area contributed by atoms with E-state index >= 15 is 0 Å². The van der Waals surface area contributed by atoms with Gasteiger partial charge < -0.3 is 15.7 Å². The Morgan fingerprint density at radius 1 is 0.947 bits per heavy atom. The zero-order valence-corrected chi connectivity index (χ0v) is 11.0. The van der Waals surface area contributed by atoms with Gasteiger partial charge in [0, 0.05) is 25.3 Å². The van der Waals surface area contributed by atoms with E-state index in [1.54, 1.807) is 0 Å². The van der Waals surface area contributed by atoms with Crippen molar-refractivity contribution in [1.82, 2.24) is 0 Å². The Morgan fingerprint density at radius 3 is 2.37 bits per heavy atom. The molecule has 19 heavy (non-hydrogen) atoms. The van der Waals surface area contributed by atoms with Crippen molar-refractivity contribution in [2.75, 3.05) is 18.1 Å². The standard InChI is InChI=1S/C16H20N2O/c17-12-15-7-4-8-16(11-15)18(9-10-19)13-14-5-2-1-3-6-14/h1-8,11,19H,9-10,12-13,17H2. The average Bonchev–Trinajstić information content (AvgIpc) is 2.48. The Kier molecular flexibility index (Phi) is 4.95. The summed E-state index contributed by atoms with van der Waals surface area (Å²) in [6.07, 6.45) is 0. The summed E-state index contributed by atoms with van der Waals surface area (Å²) >= 11 is 0. The Balaban J connectivity index is 2.19. The van der Waals surface area contributed by atoms with Crippen LogP contribution in [0.15, 0.2) is 54.6 Å². The van der Waals surface area contributed by atoms with E-state index in [1.807, 2.05) is 30.3 Å². The van der Waals surface area contributed by atoms with E-state index in [-0.39, 0.29) is 6.61 Å². The highest BCUT2D eigenvalue weighted by Gasteiger charge is 2.07. The molecule has 0 aliphatic carbocycles. The van der Waals surface area contributed by atoms with Crippen LogP contribution in [0.4, 0.5) is 5.69 Å². The minimum atomic E-state index is 0.139. The van der Waals surface area contributed by atoms with Crippen molar-refractivity contribution in [3.63, 3.8) is 0 Å². The first-order chi connectivity index (χ1) is 9.33. The van der Waals surface area contributed by atoms with Gasteiger partial charge in [0.15, 0.2) is 0 Å². The van der Waals surface area contributed by atoms with Crippen LogP contribution in [0.5, 0.6) is 0 Å². The van der Waals surface area contributed by atoms with Crippen molar-refractivity contribution in [3.05, 3.63) is 65.7 Å². The average molecular weight is 256 g/mol. The predicted octanol–water partition coefficient (Wildman–Crippen LogP) is 2.14. The minimum absolute atomic E-state index is 0.139. The molecule has 0 radical (unpaired) electrons. The van der Waals surface area contributed by atoms with E-state index < -0.39 is 0 Å². The fraction of sp³-hybridized carbons (Fsp3) is 0.250. The quantitative estimate of drug-likeness (QED) is 0.832. The first kappa shape index (κ1) is 13.6. The molecule has 2 aromatic rings. The van der Waals surface area contributed by atoms with Crippen molar-refractivity contribution < 1.29 is 5.11 Å². The molecule has 0 aromatic heterocycles. The molecule has 0 aliphatic rings. The fourth-order valence-electron chi connectivity index (χ4n) is 2.10. The Hall–Kier alpha value is -1.84. The number of rotatable bonds is 6. The Labute approximate surface area is 114 Å². The number of aliphatic hydroxyl groups is 1. The highest BCUT2D eigenvalue weighted by Crippen LogP contribution is 2.18. The zero-order chi connectivity index (χ0) is 13.5. The SMILES string of the molecule is NCc1cccc(N(CCO)Cc2ccccc2)c1. The van der Waals surface area contributed by atoms with E-state index in [0.717, 1.165) is 17.8 Å². The van der Waals surface area contributed by atoms with Gasteiger partial charge in [-0.05, 0) is 23.3 Å². The number of benzene rings is 2. The van der Waals surface area contributed by atoms with Crippen LogP contribution in [0.2, 0.25) is 0 Å². The minimum Gasteiger partial charge on any atom is -0.395 e. The van der Waals surface area contributed by atoms with Gasteiger partial charge in [-0.2, -0.15) is 0 Å². The van der Waals surface area contributed by atoms with E-state index in [9.17, 15) is 5.11 Å². The molecule has 0 unspecified atom stereocenters. The molecular formula is C16H20N2O. The summed E-state index contributed by atoms with van der Waals surface area (Å²) in [5, 5.41) is 9.24. The van der Waals surface area contributed by atoms with E-state index in [4.69, 9.17) is 5.73 Å². The molecule has 3 heteroatoms. The maximum absolute atomic E-state index is 9.24. The smallest absolute Gasteiger partial charge is 0.0606 e. The normalized spacial score (nSPS) is 10.4. The molecule has 0 heterocycles. The lowest BCUT2D eigenvalue weighted by Crippen LogP contribution is -2.26. The third kappa shape index (κ3) is 3.81. The van der Waals surface area contributed by atoms with Gasteiger partial charge in [-0.3, -0.25) is 0 Å². The van der Waals surface area contributed by atoms with Gasteiger partial charge >= 0.3 is 0 Å².